The molecule has 3 aromatic rings. The molecule has 1 aliphatic heterocycles. The maximum absolute atomic E-state index is 12.7. The van der Waals surface area contributed by atoms with Crippen LogP contribution in [0, 0.1) is 0 Å². The first-order valence-electron chi connectivity index (χ1n) is 9.45. The highest BCUT2D eigenvalue weighted by Gasteiger charge is 2.27. The highest BCUT2D eigenvalue weighted by atomic mass is 35.5. The number of halogens is 1. The van der Waals surface area contributed by atoms with Gasteiger partial charge in [0.15, 0.2) is 0 Å². The summed E-state index contributed by atoms with van der Waals surface area (Å²) in [5.41, 5.74) is 3.48. The van der Waals surface area contributed by atoms with E-state index in [4.69, 9.17) is 16.6 Å². The number of piperidine rings is 1. The van der Waals surface area contributed by atoms with Gasteiger partial charge >= 0.3 is 0 Å². The summed E-state index contributed by atoms with van der Waals surface area (Å²) in [6, 6.07) is 14.0. The fourth-order valence-electron chi connectivity index (χ4n) is 3.64. The summed E-state index contributed by atoms with van der Waals surface area (Å²) in [5, 5.41) is 0.758. The van der Waals surface area contributed by atoms with Gasteiger partial charge in [-0.25, -0.2) is 4.98 Å². The van der Waals surface area contributed by atoms with Crippen molar-refractivity contribution in [3.8, 4) is 0 Å². The predicted molar refractivity (Wildman–Crippen MR) is 108 cm³/mol. The van der Waals surface area contributed by atoms with Crippen LogP contribution in [0.15, 0.2) is 61.1 Å². The van der Waals surface area contributed by atoms with Crippen LogP contribution in [0.2, 0.25) is 5.02 Å². The third-order valence-electron chi connectivity index (χ3n) is 5.07. The average molecular weight is 393 g/mol. The molecule has 2 aromatic heterocycles. The molecule has 1 aliphatic rings. The number of nitrogens with zero attached hydrogens (tertiary/aromatic N) is 4. The molecular formula is C22H21ClN4O. The van der Waals surface area contributed by atoms with Gasteiger partial charge < -0.3 is 4.90 Å². The number of pyridine rings is 1. The zero-order valence-electron chi connectivity index (χ0n) is 15.5. The summed E-state index contributed by atoms with van der Waals surface area (Å²) in [5.74, 6) is 0.158. The van der Waals surface area contributed by atoms with Gasteiger partial charge in [-0.2, -0.15) is 0 Å². The van der Waals surface area contributed by atoms with E-state index in [0.717, 1.165) is 41.4 Å². The summed E-state index contributed by atoms with van der Waals surface area (Å²) in [7, 11) is 0. The second-order valence-electron chi connectivity index (χ2n) is 7.00. The summed E-state index contributed by atoms with van der Waals surface area (Å²) in [6.45, 7) is 1.39. The van der Waals surface area contributed by atoms with Crippen LogP contribution in [0.3, 0.4) is 0 Å². The predicted octanol–water partition coefficient (Wildman–Crippen LogP) is 4.14. The second-order valence-corrected chi connectivity index (χ2v) is 7.41. The lowest BCUT2D eigenvalue weighted by molar-refractivity contribution is 0.0699. The summed E-state index contributed by atoms with van der Waals surface area (Å²) in [6.07, 6.45) is 7.31. The Bertz CT molecular complexity index is 964. The number of hydrogen-bond acceptors (Lipinski definition) is 4. The van der Waals surface area contributed by atoms with Gasteiger partial charge in [-0.1, -0.05) is 35.9 Å². The minimum atomic E-state index is -0.0648. The number of rotatable bonds is 4. The summed E-state index contributed by atoms with van der Waals surface area (Å²) < 4.78 is 0. The Labute approximate surface area is 169 Å². The molecule has 0 aliphatic carbocycles. The lowest BCUT2D eigenvalue weighted by Crippen LogP contribution is -2.39. The number of benzene rings is 1. The minimum absolute atomic E-state index is 0.0648. The third-order valence-corrected chi connectivity index (χ3v) is 5.44. The first-order valence-corrected chi connectivity index (χ1v) is 9.83. The van der Waals surface area contributed by atoms with Gasteiger partial charge in [-0.05, 0) is 36.6 Å². The Morgan fingerprint density at radius 3 is 2.86 bits per heavy atom. The molecule has 1 aromatic carbocycles. The van der Waals surface area contributed by atoms with Crippen molar-refractivity contribution in [2.75, 3.05) is 13.1 Å². The van der Waals surface area contributed by atoms with Crippen LogP contribution in [0.1, 0.15) is 46.2 Å². The smallest absolute Gasteiger partial charge is 0.274 e. The van der Waals surface area contributed by atoms with E-state index in [2.05, 4.69) is 16.0 Å². The fraction of sp³-hybridized carbons (Fsp3) is 0.273. The Kier molecular flexibility index (Phi) is 5.63. The van der Waals surface area contributed by atoms with E-state index < -0.39 is 0 Å². The molecule has 3 heterocycles. The van der Waals surface area contributed by atoms with Crippen molar-refractivity contribution in [2.24, 2.45) is 0 Å². The van der Waals surface area contributed by atoms with E-state index in [1.165, 1.54) is 6.20 Å². The highest BCUT2D eigenvalue weighted by molar-refractivity contribution is 6.31. The molecule has 0 bridgehead atoms. The van der Waals surface area contributed by atoms with Gasteiger partial charge in [-0.3, -0.25) is 14.8 Å². The molecule has 0 radical (unpaired) electrons. The van der Waals surface area contributed by atoms with Gasteiger partial charge in [0.2, 0.25) is 0 Å². The van der Waals surface area contributed by atoms with Gasteiger partial charge in [0.25, 0.3) is 5.91 Å². The number of likely N-dealkylation sites (tertiary alicyclic amines) is 1. The minimum Gasteiger partial charge on any atom is -0.337 e. The molecule has 4 rings (SSSR count). The molecule has 1 amide bonds. The normalized spacial score (nSPS) is 16.8. The van der Waals surface area contributed by atoms with E-state index in [9.17, 15) is 4.79 Å². The van der Waals surface area contributed by atoms with E-state index in [1.54, 1.807) is 12.4 Å². The SMILES string of the molecule is O=C(c1cnccn1)N1CCC[C@H](c2cccc(Cc3ccccc3Cl)n2)C1. The van der Waals surface area contributed by atoms with Gasteiger partial charge in [0.05, 0.1) is 6.20 Å². The van der Waals surface area contributed by atoms with Crippen LogP contribution in [0.25, 0.3) is 0 Å². The third kappa shape index (κ3) is 4.20. The summed E-state index contributed by atoms with van der Waals surface area (Å²) in [4.78, 5) is 27.6. The van der Waals surface area contributed by atoms with E-state index >= 15 is 0 Å². The van der Waals surface area contributed by atoms with Crippen molar-refractivity contribution in [3.05, 3.63) is 88.7 Å². The van der Waals surface area contributed by atoms with Gasteiger partial charge in [0.1, 0.15) is 5.69 Å². The van der Waals surface area contributed by atoms with Crippen molar-refractivity contribution in [1.29, 1.82) is 0 Å². The quantitative estimate of drug-likeness (QED) is 0.669. The summed E-state index contributed by atoms with van der Waals surface area (Å²) >= 11 is 6.29. The lowest BCUT2D eigenvalue weighted by atomic mass is 9.93. The first kappa shape index (κ1) is 18.6. The monoisotopic (exact) mass is 392 g/mol. The Hall–Kier alpha value is -2.79. The van der Waals surface area contributed by atoms with Crippen LogP contribution >= 0.6 is 11.6 Å². The zero-order chi connectivity index (χ0) is 19.3. The standard InChI is InChI=1S/C22H21ClN4O/c23-19-8-2-1-5-16(19)13-18-7-3-9-20(26-18)17-6-4-12-27(15-17)22(28)21-14-24-10-11-25-21/h1-3,5,7-11,14,17H,4,6,12-13,15H2/t17-/m0/s1. The maximum Gasteiger partial charge on any atom is 0.274 e. The molecule has 142 valence electrons. The number of aromatic nitrogens is 3. The number of amides is 1. The lowest BCUT2D eigenvalue weighted by Gasteiger charge is -2.32. The van der Waals surface area contributed by atoms with E-state index in [1.807, 2.05) is 41.3 Å². The van der Waals surface area contributed by atoms with Crippen molar-refractivity contribution in [3.63, 3.8) is 0 Å². The molecule has 0 unspecified atom stereocenters. The number of carbonyl (C=O) groups excluding carboxylic acids is 1. The average Bonchev–Trinajstić information content (AvgIpc) is 2.76. The molecular weight excluding hydrogens is 372 g/mol. The van der Waals surface area contributed by atoms with Crippen LogP contribution in [0.5, 0.6) is 0 Å². The van der Waals surface area contributed by atoms with E-state index in [0.29, 0.717) is 18.7 Å². The topological polar surface area (TPSA) is 59.0 Å². The van der Waals surface area contributed by atoms with Gasteiger partial charge in [-0.15, -0.1) is 0 Å². The van der Waals surface area contributed by atoms with Crippen molar-refractivity contribution in [2.45, 2.75) is 25.2 Å². The van der Waals surface area contributed by atoms with Crippen molar-refractivity contribution < 1.29 is 4.79 Å². The first-order chi connectivity index (χ1) is 13.7. The van der Waals surface area contributed by atoms with E-state index in [-0.39, 0.29) is 11.8 Å². The van der Waals surface area contributed by atoms with Crippen LogP contribution < -0.4 is 0 Å². The Balaban J connectivity index is 1.49. The molecule has 1 atom stereocenters. The fourth-order valence-corrected chi connectivity index (χ4v) is 3.84. The molecule has 0 N–H and O–H groups in total. The molecule has 6 heteroatoms. The van der Waals surface area contributed by atoms with Crippen LogP contribution in [0.4, 0.5) is 0 Å². The number of hydrogen-bond donors (Lipinski definition) is 0. The zero-order valence-corrected chi connectivity index (χ0v) is 16.2. The van der Waals surface area contributed by atoms with Crippen molar-refractivity contribution in [1.82, 2.24) is 19.9 Å². The molecule has 28 heavy (non-hydrogen) atoms. The van der Waals surface area contributed by atoms with Crippen LogP contribution in [-0.4, -0.2) is 38.8 Å². The molecule has 1 saturated heterocycles. The van der Waals surface area contributed by atoms with Gasteiger partial charge in [0, 0.05) is 54.2 Å². The highest BCUT2D eigenvalue weighted by Crippen LogP contribution is 2.27. The van der Waals surface area contributed by atoms with Crippen molar-refractivity contribution >= 4 is 17.5 Å². The molecule has 0 saturated carbocycles. The Morgan fingerprint density at radius 1 is 1.14 bits per heavy atom. The molecule has 0 spiro atoms. The molecule has 1 fully saturated rings. The second kappa shape index (κ2) is 8.48. The largest absolute Gasteiger partial charge is 0.337 e. The Morgan fingerprint density at radius 2 is 2.04 bits per heavy atom. The number of carbonyl (C=O) groups is 1. The van der Waals surface area contributed by atoms with Crippen LogP contribution in [-0.2, 0) is 6.42 Å². The molecule has 5 nitrogen and oxygen atoms in total. The maximum atomic E-state index is 12.7.